The number of carbonyl (C=O) groups excluding carboxylic acids is 2. The van der Waals surface area contributed by atoms with Crippen LogP contribution in [0.3, 0.4) is 0 Å². The molecule has 0 spiro atoms. The number of halogens is 1. The molecule has 114 valence electrons. The summed E-state index contributed by atoms with van der Waals surface area (Å²) < 4.78 is 17.8. The lowest BCUT2D eigenvalue weighted by Gasteiger charge is -2.11. The highest BCUT2D eigenvalue weighted by molar-refractivity contribution is 5.82. The third kappa shape index (κ3) is 5.41. The molecular weight excluding hydrogens is 275 g/mol. The minimum Gasteiger partial charge on any atom is -0.484 e. The second kappa shape index (κ2) is 7.61. The summed E-state index contributed by atoms with van der Waals surface area (Å²) in [5.74, 6) is -0.191. The fourth-order valence-corrected chi connectivity index (χ4v) is 2.38. The maximum atomic E-state index is 12.7. The average molecular weight is 294 g/mol. The Bertz CT molecular complexity index is 484. The highest BCUT2D eigenvalue weighted by Crippen LogP contribution is 2.27. The van der Waals surface area contributed by atoms with E-state index in [1.54, 1.807) is 0 Å². The quantitative estimate of drug-likeness (QED) is 0.815. The first-order valence-electron chi connectivity index (χ1n) is 7.09. The molecule has 1 aromatic rings. The van der Waals surface area contributed by atoms with Crippen molar-refractivity contribution in [1.29, 1.82) is 0 Å². The third-order valence-corrected chi connectivity index (χ3v) is 3.47. The van der Waals surface area contributed by atoms with Gasteiger partial charge in [0.05, 0.1) is 0 Å². The van der Waals surface area contributed by atoms with Crippen LogP contribution in [0.15, 0.2) is 24.3 Å². The molecule has 2 rings (SSSR count). The van der Waals surface area contributed by atoms with E-state index in [4.69, 9.17) is 4.74 Å². The van der Waals surface area contributed by atoms with E-state index in [2.05, 4.69) is 10.9 Å². The SMILES string of the molecule is O=C(COc1ccc(F)cc1)NNC(=O)CC1CCCC1. The molecule has 2 amide bonds. The molecular formula is C15H19FN2O3. The van der Waals surface area contributed by atoms with E-state index in [1.165, 1.54) is 37.1 Å². The summed E-state index contributed by atoms with van der Waals surface area (Å²) in [6, 6.07) is 5.36. The minimum atomic E-state index is -0.459. The summed E-state index contributed by atoms with van der Waals surface area (Å²) in [7, 11) is 0. The lowest BCUT2D eigenvalue weighted by Crippen LogP contribution is -2.44. The molecule has 0 aliphatic heterocycles. The van der Waals surface area contributed by atoms with Gasteiger partial charge < -0.3 is 4.74 Å². The maximum absolute atomic E-state index is 12.7. The molecule has 0 radical (unpaired) electrons. The van der Waals surface area contributed by atoms with Crippen molar-refractivity contribution in [3.05, 3.63) is 30.1 Å². The fourth-order valence-electron chi connectivity index (χ4n) is 2.38. The van der Waals surface area contributed by atoms with Crippen molar-refractivity contribution in [3.8, 4) is 5.75 Å². The Morgan fingerprint density at radius 3 is 2.38 bits per heavy atom. The summed E-state index contributed by atoms with van der Waals surface area (Å²) in [5.41, 5.74) is 4.68. The predicted molar refractivity (Wildman–Crippen MR) is 74.8 cm³/mol. The minimum absolute atomic E-state index is 0.183. The van der Waals surface area contributed by atoms with Gasteiger partial charge in [0.25, 0.3) is 5.91 Å². The number of hydrogen-bond donors (Lipinski definition) is 2. The van der Waals surface area contributed by atoms with Gasteiger partial charge in [-0.3, -0.25) is 20.4 Å². The molecule has 5 nitrogen and oxygen atoms in total. The number of benzene rings is 1. The molecule has 1 saturated carbocycles. The van der Waals surface area contributed by atoms with Crippen LogP contribution < -0.4 is 15.6 Å². The molecule has 0 bridgehead atoms. The topological polar surface area (TPSA) is 67.4 Å². The largest absolute Gasteiger partial charge is 0.484 e. The average Bonchev–Trinajstić information content (AvgIpc) is 2.97. The Morgan fingerprint density at radius 2 is 1.71 bits per heavy atom. The Morgan fingerprint density at radius 1 is 1.10 bits per heavy atom. The third-order valence-electron chi connectivity index (χ3n) is 3.47. The van der Waals surface area contributed by atoms with Crippen LogP contribution in [0.4, 0.5) is 4.39 Å². The molecule has 0 aromatic heterocycles. The number of carbonyl (C=O) groups is 2. The van der Waals surface area contributed by atoms with E-state index in [9.17, 15) is 14.0 Å². The normalized spacial score (nSPS) is 14.7. The molecule has 1 fully saturated rings. The van der Waals surface area contributed by atoms with E-state index in [0.29, 0.717) is 18.1 Å². The fraction of sp³-hybridized carbons (Fsp3) is 0.467. The molecule has 2 N–H and O–H groups in total. The zero-order valence-electron chi connectivity index (χ0n) is 11.7. The van der Waals surface area contributed by atoms with E-state index < -0.39 is 5.91 Å². The van der Waals surface area contributed by atoms with Gasteiger partial charge in [-0.05, 0) is 43.0 Å². The standard InChI is InChI=1S/C15H19FN2O3/c16-12-5-7-13(8-6-12)21-10-15(20)18-17-14(19)9-11-3-1-2-4-11/h5-8,11H,1-4,9-10H2,(H,17,19)(H,18,20). The molecule has 1 aromatic carbocycles. The summed E-state index contributed by atoms with van der Waals surface area (Å²) in [6.07, 6.45) is 4.95. The number of nitrogens with one attached hydrogen (secondary N) is 2. The van der Waals surface area contributed by atoms with E-state index >= 15 is 0 Å². The summed E-state index contributed by atoms with van der Waals surface area (Å²) in [6.45, 7) is -0.241. The van der Waals surface area contributed by atoms with Crippen molar-refractivity contribution < 1.29 is 18.7 Å². The maximum Gasteiger partial charge on any atom is 0.276 e. The number of amides is 2. The number of hydrogen-bond acceptors (Lipinski definition) is 3. The van der Waals surface area contributed by atoms with Crippen LogP contribution in [0, 0.1) is 11.7 Å². The lowest BCUT2D eigenvalue weighted by molar-refractivity contribution is -0.130. The summed E-state index contributed by atoms with van der Waals surface area (Å²) >= 11 is 0. The van der Waals surface area contributed by atoms with Crippen LogP contribution in [0.5, 0.6) is 5.75 Å². The predicted octanol–water partition coefficient (Wildman–Crippen LogP) is 1.93. The van der Waals surface area contributed by atoms with Crippen molar-refractivity contribution in [1.82, 2.24) is 10.9 Å². The highest BCUT2D eigenvalue weighted by Gasteiger charge is 2.18. The van der Waals surface area contributed by atoms with E-state index in [-0.39, 0.29) is 18.3 Å². The highest BCUT2D eigenvalue weighted by atomic mass is 19.1. The molecule has 1 aliphatic carbocycles. The zero-order valence-corrected chi connectivity index (χ0v) is 11.7. The first-order valence-corrected chi connectivity index (χ1v) is 7.09. The van der Waals surface area contributed by atoms with Crippen LogP contribution in [-0.4, -0.2) is 18.4 Å². The van der Waals surface area contributed by atoms with Crippen LogP contribution in [0.25, 0.3) is 0 Å². The second-order valence-electron chi connectivity index (χ2n) is 5.19. The Hall–Kier alpha value is -2.11. The zero-order chi connectivity index (χ0) is 15.1. The molecule has 1 aliphatic rings. The Labute approximate surface area is 122 Å². The smallest absolute Gasteiger partial charge is 0.276 e. The van der Waals surface area contributed by atoms with Crippen LogP contribution in [-0.2, 0) is 9.59 Å². The van der Waals surface area contributed by atoms with Gasteiger partial charge in [0.2, 0.25) is 5.91 Å². The molecule has 6 heteroatoms. The Kier molecular flexibility index (Phi) is 5.54. The van der Waals surface area contributed by atoms with Gasteiger partial charge >= 0.3 is 0 Å². The molecule has 0 unspecified atom stereocenters. The van der Waals surface area contributed by atoms with Gasteiger partial charge in [-0.1, -0.05) is 12.8 Å². The van der Waals surface area contributed by atoms with Crippen LogP contribution >= 0.6 is 0 Å². The van der Waals surface area contributed by atoms with Crippen molar-refractivity contribution in [2.45, 2.75) is 32.1 Å². The van der Waals surface area contributed by atoms with Gasteiger partial charge in [0, 0.05) is 6.42 Å². The lowest BCUT2D eigenvalue weighted by atomic mass is 10.0. The molecule has 21 heavy (non-hydrogen) atoms. The molecule has 0 saturated heterocycles. The van der Waals surface area contributed by atoms with Crippen molar-refractivity contribution >= 4 is 11.8 Å². The second-order valence-corrected chi connectivity index (χ2v) is 5.19. The summed E-state index contributed by atoms with van der Waals surface area (Å²) in [4.78, 5) is 23.1. The van der Waals surface area contributed by atoms with Crippen molar-refractivity contribution in [2.75, 3.05) is 6.61 Å². The van der Waals surface area contributed by atoms with Gasteiger partial charge in [0.1, 0.15) is 11.6 Å². The Balaban J connectivity index is 1.62. The first kappa shape index (κ1) is 15.3. The summed E-state index contributed by atoms with van der Waals surface area (Å²) in [5, 5.41) is 0. The van der Waals surface area contributed by atoms with Crippen LogP contribution in [0.1, 0.15) is 32.1 Å². The van der Waals surface area contributed by atoms with E-state index in [0.717, 1.165) is 12.8 Å². The number of hydrazine groups is 1. The van der Waals surface area contributed by atoms with Gasteiger partial charge in [-0.25, -0.2) is 4.39 Å². The van der Waals surface area contributed by atoms with Gasteiger partial charge in [-0.2, -0.15) is 0 Å². The van der Waals surface area contributed by atoms with Crippen molar-refractivity contribution in [3.63, 3.8) is 0 Å². The van der Waals surface area contributed by atoms with Crippen LogP contribution in [0.2, 0.25) is 0 Å². The van der Waals surface area contributed by atoms with Crippen molar-refractivity contribution in [2.24, 2.45) is 5.92 Å². The number of ether oxygens (including phenoxy) is 1. The molecule has 0 atom stereocenters. The van der Waals surface area contributed by atoms with Gasteiger partial charge in [-0.15, -0.1) is 0 Å². The first-order chi connectivity index (χ1) is 10.1. The van der Waals surface area contributed by atoms with Gasteiger partial charge in [0.15, 0.2) is 6.61 Å². The monoisotopic (exact) mass is 294 g/mol. The number of rotatable bonds is 5. The van der Waals surface area contributed by atoms with E-state index in [1.807, 2.05) is 0 Å². The molecule has 0 heterocycles.